The normalized spacial score (nSPS) is 11.8. The Labute approximate surface area is 253 Å². The highest BCUT2D eigenvalue weighted by atomic mass is 32.1. The molecule has 1 aromatic carbocycles. The molecule has 8 nitrogen and oxygen atoms in total. The van der Waals surface area contributed by atoms with E-state index in [1.165, 1.54) is 0 Å². The zero-order chi connectivity index (χ0) is 27.6. The van der Waals surface area contributed by atoms with Gasteiger partial charge in [-0.2, -0.15) is 0 Å². The summed E-state index contributed by atoms with van der Waals surface area (Å²) in [4.78, 5) is 41.8. The molecule has 0 bridgehead atoms. The molecule has 0 radical (unpaired) electrons. The minimum atomic E-state index is 0.862. The van der Waals surface area contributed by atoms with Crippen LogP contribution in [0.4, 0.5) is 0 Å². The van der Waals surface area contributed by atoms with Crippen molar-refractivity contribution in [2.24, 2.45) is 0 Å². The minimum Gasteiger partial charge on any atom is -0.244 e. The average Bonchev–Trinajstić information content (AvgIpc) is 3.83. The van der Waals surface area contributed by atoms with E-state index in [0.29, 0.717) is 0 Å². The topological polar surface area (TPSA) is 103 Å². The number of benzene rings is 1. The van der Waals surface area contributed by atoms with Gasteiger partial charge in [0.2, 0.25) is 0 Å². The van der Waals surface area contributed by atoms with Gasteiger partial charge in [0.25, 0.3) is 0 Å². The highest BCUT2D eigenvalue weighted by Gasteiger charge is 2.24. The molecule has 8 aromatic heterocycles. The van der Waals surface area contributed by atoms with E-state index in [2.05, 4.69) is 32.1 Å². The van der Waals surface area contributed by atoms with Crippen LogP contribution in [-0.2, 0) is 0 Å². The molecule has 0 amide bonds. The molecule has 0 spiro atoms. The quantitative estimate of drug-likeness (QED) is 0.195. The molecule has 0 fully saturated rings. The molecule has 0 aliphatic rings. The molecule has 0 aliphatic heterocycles. The van der Waals surface area contributed by atoms with Gasteiger partial charge in [-0.3, -0.25) is 0 Å². The fraction of sp³-hybridized carbons (Fsp3) is 0. The van der Waals surface area contributed by atoms with Gasteiger partial charge in [0.1, 0.15) is 61.4 Å². The fourth-order valence-corrected chi connectivity index (χ4v) is 8.60. The predicted molar refractivity (Wildman–Crippen MR) is 172 cm³/mol. The summed E-state index contributed by atoms with van der Waals surface area (Å²) in [5, 5.41) is 3.46. The molecule has 8 heterocycles. The minimum absolute atomic E-state index is 0.862. The van der Waals surface area contributed by atoms with Crippen LogP contribution in [0.15, 0.2) is 85.5 Å². The van der Waals surface area contributed by atoms with Crippen LogP contribution in [-0.4, -0.2) is 39.9 Å². The van der Waals surface area contributed by atoms with E-state index in [9.17, 15) is 0 Å². The van der Waals surface area contributed by atoms with E-state index in [4.69, 9.17) is 19.9 Å². The second-order valence-electron chi connectivity index (χ2n) is 9.33. The zero-order valence-electron chi connectivity index (χ0n) is 21.3. The van der Waals surface area contributed by atoms with Crippen LogP contribution in [0.25, 0.3) is 83.7 Å². The molecule has 0 unspecified atom stereocenters. The van der Waals surface area contributed by atoms with Gasteiger partial charge in [-0.15, -0.1) is 0 Å². The van der Waals surface area contributed by atoms with Crippen molar-refractivity contribution in [3.05, 3.63) is 85.5 Å². The summed E-state index contributed by atoms with van der Waals surface area (Å²) < 4.78 is 0. The number of hydrogen-bond donors (Lipinski definition) is 0. The second kappa shape index (κ2) is 9.46. The first-order valence-electron chi connectivity index (χ1n) is 12.8. The van der Waals surface area contributed by atoms with E-state index in [1.807, 2.05) is 48.5 Å². The molecule has 0 N–H and O–H groups in total. The monoisotopic (exact) mass is 614 g/mol. The Hall–Kier alpha value is -4.62. The standard InChI is InChI=1S/C30H14N8S4/c1-5-19-27(31-9-1)39-23(35-19)15-13-17(25-37-21-7-3-11-33-29(21)41-25)18(26-38-22-8-4-12-34-30(22)42-26)14-16(15)24-36-20-6-2-10-32-28(20)40-24/h1-14H. The van der Waals surface area contributed by atoms with Gasteiger partial charge < -0.3 is 0 Å². The zero-order valence-corrected chi connectivity index (χ0v) is 24.6. The maximum Gasteiger partial charge on any atom is 0.143 e. The van der Waals surface area contributed by atoms with Crippen molar-refractivity contribution in [2.45, 2.75) is 0 Å². The summed E-state index contributed by atoms with van der Waals surface area (Å²) in [5.74, 6) is 0. The Morgan fingerprint density at radius 2 is 0.619 bits per heavy atom. The third-order valence-corrected chi connectivity index (χ3v) is 10.8. The number of nitrogens with zero attached hydrogens (tertiary/aromatic N) is 8. The van der Waals surface area contributed by atoms with Crippen molar-refractivity contribution in [2.75, 3.05) is 0 Å². The van der Waals surface area contributed by atoms with Crippen molar-refractivity contribution in [3.8, 4) is 42.3 Å². The molecule has 0 saturated heterocycles. The van der Waals surface area contributed by atoms with Gasteiger partial charge in [-0.1, -0.05) is 45.3 Å². The van der Waals surface area contributed by atoms with Crippen LogP contribution < -0.4 is 0 Å². The van der Waals surface area contributed by atoms with Crippen LogP contribution in [0, 0.1) is 0 Å². The predicted octanol–water partition coefficient (Wildman–Crippen LogP) is 8.37. The van der Waals surface area contributed by atoms with Gasteiger partial charge in [-0.25, -0.2) is 39.9 Å². The molecule has 42 heavy (non-hydrogen) atoms. The highest BCUT2D eigenvalue weighted by Crippen LogP contribution is 2.47. The third-order valence-electron chi connectivity index (χ3n) is 6.74. The Morgan fingerprint density at radius 3 is 0.857 bits per heavy atom. The summed E-state index contributed by atoms with van der Waals surface area (Å²) in [5.41, 5.74) is 7.29. The number of rotatable bonds is 4. The third kappa shape index (κ3) is 3.91. The largest absolute Gasteiger partial charge is 0.244 e. The van der Waals surface area contributed by atoms with Crippen LogP contribution in [0.3, 0.4) is 0 Å². The Bertz CT molecular complexity index is 1980. The van der Waals surface area contributed by atoms with E-state index in [-0.39, 0.29) is 0 Å². The van der Waals surface area contributed by atoms with Gasteiger partial charge in [0.05, 0.1) is 0 Å². The lowest BCUT2D eigenvalue weighted by Crippen LogP contribution is -1.91. The fourth-order valence-electron chi connectivity index (χ4n) is 4.85. The Morgan fingerprint density at radius 1 is 0.357 bits per heavy atom. The lowest BCUT2D eigenvalue weighted by atomic mass is 9.99. The average molecular weight is 615 g/mol. The maximum atomic E-state index is 5.00. The lowest BCUT2D eigenvalue weighted by Gasteiger charge is -2.12. The summed E-state index contributed by atoms with van der Waals surface area (Å²) >= 11 is 6.27. The Kier molecular flexibility index (Phi) is 5.41. The smallest absolute Gasteiger partial charge is 0.143 e. The van der Waals surface area contributed by atoms with Crippen molar-refractivity contribution >= 4 is 86.7 Å². The van der Waals surface area contributed by atoms with E-state index < -0.39 is 0 Å². The summed E-state index contributed by atoms with van der Waals surface area (Å²) in [6.07, 6.45) is 7.20. The SMILES string of the molecule is c1cnc2sc(-c3cc(-c4nc5cccnc5s4)c(-c4nc5cccnc5s4)cc3-c3nc4cccnc4s3)nc2c1. The van der Waals surface area contributed by atoms with Crippen LogP contribution in [0.1, 0.15) is 0 Å². The first-order chi connectivity index (χ1) is 20.8. The van der Waals surface area contributed by atoms with E-state index in [1.54, 1.807) is 70.1 Å². The van der Waals surface area contributed by atoms with Gasteiger partial charge in [0.15, 0.2) is 0 Å². The number of aromatic nitrogens is 8. The first kappa shape index (κ1) is 24.0. The van der Waals surface area contributed by atoms with Gasteiger partial charge in [0, 0.05) is 47.0 Å². The van der Waals surface area contributed by atoms with Crippen molar-refractivity contribution in [1.82, 2.24) is 39.9 Å². The molecule has 9 rings (SSSR count). The molecular weight excluding hydrogens is 601 g/mol. The van der Waals surface area contributed by atoms with Crippen LogP contribution in [0.2, 0.25) is 0 Å². The van der Waals surface area contributed by atoms with Crippen LogP contribution in [0.5, 0.6) is 0 Å². The molecule has 0 saturated carbocycles. The number of thiazole rings is 4. The lowest BCUT2D eigenvalue weighted by molar-refractivity contribution is 1.38. The summed E-state index contributed by atoms with van der Waals surface area (Å²) in [6.45, 7) is 0. The number of pyridine rings is 4. The number of hydrogen-bond acceptors (Lipinski definition) is 12. The summed E-state index contributed by atoms with van der Waals surface area (Å²) in [6, 6.07) is 20.0. The molecule has 12 heteroatoms. The molecule has 198 valence electrons. The van der Waals surface area contributed by atoms with Crippen molar-refractivity contribution in [1.29, 1.82) is 0 Å². The Balaban J connectivity index is 1.38. The van der Waals surface area contributed by atoms with Gasteiger partial charge in [-0.05, 0) is 60.7 Å². The van der Waals surface area contributed by atoms with Crippen molar-refractivity contribution in [3.63, 3.8) is 0 Å². The summed E-state index contributed by atoms with van der Waals surface area (Å²) in [7, 11) is 0. The molecule has 9 aromatic rings. The highest BCUT2D eigenvalue weighted by molar-refractivity contribution is 7.23. The van der Waals surface area contributed by atoms with E-state index >= 15 is 0 Å². The molecule has 0 aliphatic carbocycles. The van der Waals surface area contributed by atoms with Gasteiger partial charge >= 0.3 is 0 Å². The molecular formula is C30H14N8S4. The number of fused-ring (bicyclic) bond motifs is 4. The first-order valence-corrected chi connectivity index (χ1v) is 16.1. The van der Waals surface area contributed by atoms with Crippen molar-refractivity contribution < 1.29 is 0 Å². The van der Waals surface area contributed by atoms with E-state index in [0.717, 1.165) is 83.7 Å². The molecule has 0 atom stereocenters. The second-order valence-corrected chi connectivity index (χ2v) is 13.2. The van der Waals surface area contributed by atoms with Crippen LogP contribution >= 0.6 is 45.3 Å². The maximum absolute atomic E-state index is 5.00.